The number of benzene rings is 6. The first kappa shape index (κ1) is 42.0. The van der Waals surface area contributed by atoms with Crippen LogP contribution in [0.25, 0.3) is 0 Å². The lowest BCUT2D eigenvalue weighted by Gasteiger charge is -2.53. The van der Waals surface area contributed by atoms with Gasteiger partial charge in [0.05, 0.1) is 34.6 Å². The highest BCUT2D eigenvalue weighted by atomic mass is 16.7. The van der Waals surface area contributed by atoms with E-state index in [0.717, 1.165) is 22.3 Å². The predicted molar refractivity (Wildman–Crippen MR) is 242 cm³/mol. The Balaban J connectivity index is 0.974. The molecule has 12 heteroatoms. The van der Waals surface area contributed by atoms with Crippen LogP contribution in [0, 0.1) is 39.5 Å². The van der Waals surface area contributed by atoms with Crippen molar-refractivity contribution in [2.24, 2.45) is 11.8 Å². The van der Waals surface area contributed by atoms with E-state index in [1.165, 1.54) is 0 Å². The van der Waals surface area contributed by atoms with Crippen molar-refractivity contribution < 1.29 is 47.5 Å². The molecule has 2 heterocycles. The minimum absolute atomic E-state index is 0.0434. The van der Waals surface area contributed by atoms with Gasteiger partial charge in [0.2, 0.25) is 13.6 Å². The first-order valence-electron chi connectivity index (χ1n) is 21.4. The number of hydrogen-bond acceptors (Lipinski definition) is 12. The zero-order chi connectivity index (χ0) is 44.5. The number of aryl methyl sites for hydroxylation is 4. The van der Waals surface area contributed by atoms with E-state index >= 15 is 0 Å². The van der Waals surface area contributed by atoms with E-state index in [2.05, 4.69) is 24.5 Å². The third kappa shape index (κ3) is 8.94. The number of fused-ring (bicyclic) bond motifs is 4. The normalized spacial score (nSPS) is 20.2. The molecule has 0 saturated heterocycles. The molecular formula is C52H50N2O10. The molecule has 6 unspecified atom stereocenters. The van der Waals surface area contributed by atoms with Gasteiger partial charge in [0.25, 0.3) is 0 Å². The molecule has 6 aromatic rings. The third-order valence-electron chi connectivity index (χ3n) is 12.0. The van der Waals surface area contributed by atoms with Crippen molar-refractivity contribution in [2.45, 2.75) is 65.8 Å². The van der Waals surface area contributed by atoms with Gasteiger partial charge in [-0.2, -0.15) is 0 Å². The van der Waals surface area contributed by atoms with E-state index in [-0.39, 0.29) is 67.0 Å². The molecular weight excluding hydrogens is 813 g/mol. The van der Waals surface area contributed by atoms with Crippen LogP contribution in [-0.2, 0) is 0 Å². The molecule has 0 spiro atoms. The highest BCUT2D eigenvalue weighted by Crippen LogP contribution is 2.50. The molecule has 1 aliphatic carbocycles. The maximum Gasteiger partial charge on any atom is 0.343 e. The molecule has 2 aliphatic heterocycles. The summed E-state index contributed by atoms with van der Waals surface area (Å²) in [7, 11) is 0. The highest BCUT2D eigenvalue weighted by molar-refractivity contribution is 5.92. The van der Waals surface area contributed by atoms with Crippen molar-refractivity contribution in [1.82, 2.24) is 0 Å². The van der Waals surface area contributed by atoms with Crippen molar-refractivity contribution in [1.29, 1.82) is 0 Å². The van der Waals surface area contributed by atoms with E-state index in [4.69, 9.17) is 37.9 Å². The molecule has 2 N–H and O–H groups in total. The topological polar surface area (TPSA) is 132 Å². The summed E-state index contributed by atoms with van der Waals surface area (Å²) in [4.78, 5) is 26.9. The van der Waals surface area contributed by atoms with Gasteiger partial charge in [-0.05, 0) is 76.2 Å². The lowest BCUT2D eigenvalue weighted by molar-refractivity contribution is -0.0341. The Bertz CT molecular complexity index is 2460. The Morgan fingerprint density at radius 2 is 0.828 bits per heavy atom. The van der Waals surface area contributed by atoms with E-state index in [1.807, 2.05) is 100 Å². The standard InChI is InChI=1S/C52H50N2O10/c1-29-7-15-35(16-8-29)51(55)63-45-24-40-41(25-44(45)60-28-58-38-21-13-32(4)14-22-38)61-49-34(6)50-47(33(5)48(49)54-40)53-39-23-43(59-27-57-37-19-11-31(3)12-20-37)46(26-42(39)62-50)64-52(56)36-17-9-30(2)10-18-36/h7-26,33-34,47-50,53-54H,27-28H2,1-6H3. The van der Waals surface area contributed by atoms with E-state index in [1.54, 1.807) is 48.5 Å². The average Bonchev–Trinajstić information content (AvgIpc) is 3.29. The van der Waals surface area contributed by atoms with Gasteiger partial charge in [0.1, 0.15) is 35.2 Å². The molecule has 0 radical (unpaired) electrons. The number of esters is 2. The van der Waals surface area contributed by atoms with E-state index < -0.39 is 11.9 Å². The molecule has 12 nitrogen and oxygen atoms in total. The summed E-state index contributed by atoms with van der Waals surface area (Å²) < 4.78 is 49.7. The molecule has 9 rings (SSSR count). The van der Waals surface area contributed by atoms with Crippen LogP contribution in [0.5, 0.6) is 46.0 Å². The second-order valence-corrected chi connectivity index (χ2v) is 16.8. The van der Waals surface area contributed by atoms with Crippen LogP contribution in [0.2, 0.25) is 0 Å². The van der Waals surface area contributed by atoms with Gasteiger partial charge in [-0.15, -0.1) is 0 Å². The first-order valence-corrected chi connectivity index (χ1v) is 21.4. The summed E-state index contributed by atoms with van der Waals surface area (Å²) >= 11 is 0. The van der Waals surface area contributed by atoms with Crippen molar-refractivity contribution in [2.75, 3.05) is 24.2 Å². The smallest absolute Gasteiger partial charge is 0.343 e. The Labute approximate surface area is 372 Å². The van der Waals surface area contributed by atoms with Gasteiger partial charge in [-0.25, -0.2) is 9.59 Å². The molecule has 328 valence electrons. The van der Waals surface area contributed by atoms with Crippen LogP contribution in [0.4, 0.5) is 11.4 Å². The van der Waals surface area contributed by atoms with Crippen LogP contribution in [0.3, 0.4) is 0 Å². The Hall–Kier alpha value is -7.34. The van der Waals surface area contributed by atoms with Crippen molar-refractivity contribution >= 4 is 23.3 Å². The number of nitrogens with one attached hydrogen (secondary N) is 2. The fourth-order valence-corrected chi connectivity index (χ4v) is 8.28. The summed E-state index contributed by atoms with van der Waals surface area (Å²) in [6.45, 7) is 11.9. The lowest BCUT2D eigenvalue weighted by Crippen LogP contribution is -2.66. The third-order valence-corrected chi connectivity index (χ3v) is 12.0. The molecule has 6 atom stereocenters. The van der Waals surface area contributed by atoms with Gasteiger partial charge < -0.3 is 48.5 Å². The number of hydrogen-bond donors (Lipinski definition) is 2. The van der Waals surface area contributed by atoms with E-state index in [0.29, 0.717) is 51.2 Å². The van der Waals surface area contributed by atoms with Crippen LogP contribution < -0.4 is 48.5 Å². The largest absolute Gasteiger partial charge is 0.486 e. The van der Waals surface area contributed by atoms with Crippen LogP contribution in [-0.4, -0.2) is 49.8 Å². The van der Waals surface area contributed by atoms with Gasteiger partial charge in [-0.1, -0.05) is 84.6 Å². The maximum absolute atomic E-state index is 13.4. The van der Waals surface area contributed by atoms with Crippen molar-refractivity contribution in [3.63, 3.8) is 0 Å². The summed E-state index contributed by atoms with van der Waals surface area (Å²) in [5.74, 6) is 2.05. The van der Waals surface area contributed by atoms with Gasteiger partial charge >= 0.3 is 11.9 Å². The highest BCUT2D eigenvalue weighted by Gasteiger charge is 2.53. The second kappa shape index (κ2) is 17.8. The van der Waals surface area contributed by atoms with Crippen molar-refractivity contribution in [3.8, 4) is 46.0 Å². The van der Waals surface area contributed by atoms with Gasteiger partial charge in [-0.3, -0.25) is 0 Å². The molecule has 6 aromatic carbocycles. The van der Waals surface area contributed by atoms with E-state index in [9.17, 15) is 9.59 Å². The number of anilines is 2. The zero-order valence-electron chi connectivity index (χ0n) is 36.5. The van der Waals surface area contributed by atoms with Gasteiger partial charge in [0, 0.05) is 36.1 Å². The van der Waals surface area contributed by atoms with Crippen LogP contribution in [0.15, 0.2) is 121 Å². The summed E-state index contributed by atoms with van der Waals surface area (Å²) in [6, 6.07) is 36.2. The molecule has 0 amide bonds. The fraction of sp³-hybridized carbons (Fsp3) is 0.269. The summed E-state index contributed by atoms with van der Waals surface area (Å²) in [5.41, 5.74) is 6.40. The fourth-order valence-electron chi connectivity index (χ4n) is 8.28. The quantitative estimate of drug-likeness (QED) is 0.0690. The minimum atomic E-state index is -0.535. The van der Waals surface area contributed by atoms with Gasteiger partial charge in [0.15, 0.2) is 23.0 Å². The van der Waals surface area contributed by atoms with Crippen LogP contribution >= 0.6 is 0 Å². The minimum Gasteiger partial charge on any atom is -0.486 e. The maximum atomic E-state index is 13.4. The number of rotatable bonds is 12. The Morgan fingerprint density at radius 1 is 0.469 bits per heavy atom. The lowest BCUT2D eigenvalue weighted by atomic mass is 9.71. The molecule has 0 bridgehead atoms. The SMILES string of the molecule is Cc1ccc(OCOc2cc3c(cc2OC(=O)c2ccc(C)cc2)NC2C(C)C4Nc5cc(OCOc6ccc(C)cc6)c(OC(=O)c6ccc(C)cc6)cc5OC4C(C)C2O3)cc1. The monoisotopic (exact) mass is 862 g/mol. The molecule has 3 aliphatic rings. The van der Waals surface area contributed by atoms with Crippen LogP contribution in [0.1, 0.15) is 56.8 Å². The van der Waals surface area contributed by atoms with Crippen molar-refractivity contribution in [3.05, 3.63) is 155 Å². The predicted octanol–water partition coefficient (Wildman–Crippen LogP) is 10.3. The average molecular weight is 863 g/mol. The molecule has 0 aromatic heterocycles. The Morgan fingerprint density at radius 3 is 1.27 bits per heavy atom. The molecule has 1 saturated carbocycles. The second-order valence-electron chi connectivity index (χ2n) is 16.8. The Kier molecular flexibility index (Phi) is 11.7. The number of ether oxygens (including phenoxy) is 8. The summed E-state index contributed by atoms with van der Waals surface area (Å²) in [5, 5.41) is 7.45. The number of carbonyl (C=O) groups excluding carboxylic acids is 2. The molecule has 1 fully saturated rings. The zero-order valence-corrected chi connectivity index (χ0v) is 36.5. The number of carbonyl (C=O) groups is 2. The first-order chi connectivity index (χ1) is 30.9. The summed E-state index contributed by atoms with van der Waals surface area (Å²) in [6.07, 6.45) is -0.664. The molecule has 64 heavy (non-hydrogen) atoms.